The Kier molecular flexibility index (Phi) is 4.81. The quantitative estimate of drug-likeness (QED) is 0.462. The van der Waals surface area contributed by atoms with Crippen molar-refractivity contribution in [3.63, 3.8) is 0 Å². The third-order valence-corrected chi connectivity index (χ3v) is 11.5. The van der Waals surface area contributed by atoms with Crippen LogP contribution in [0.1, 0.15) is 49.1 Å². The zero-order valence-corrected chi connectivity index (χ0v) is 22.1. The first-order valence-electron chi connectivity index (χ1n) is 12.7. The number of nitrogens with zero attached hydrogens (tertiary/aromatic N) is 1. The Labute approximate surface area is 218 Å². The first kappa shape index (κ1) is 22.5. The maximum absolute atomic E-state index is 13.8. The monoisotopic (exact) mass is 516 g/mol. The number of aromatic nitrogens is 1. The van der Waals surface area contributed by atoms with Crippen LogP contribution in [0.25, 0.3) is 0 Å². The zero-order valence-electron chi connectivity index (χ0n) is 20.4. The number of hydrogen-bond donors (Lipinski definition) is 1. The molecule has 4 aliphatic rings. The number of benzene rings is 2. The van der Waals surface area contributed by atoms with Gasteiger partial charge in [0.15, 0.2) is 0 Å². The molecular formula is C29H28N2O3S2. The Morgan fingerprint density at radius 3 is 2.22 bits per heavy atom. The molecule has 7 atom stereocenters. The lowest BCUT2D eigenvalue weighted by molar-refractivity contribution is -0.123. The van der Waals surface area contributed by atoms with Crippen molar-refractivity contribution in [3.05, 3.63) is 80.3 Å². The average molecular weight is 517 g/mol. The lowest BCUT2D eigenvalue weighted by Crippen LogP contribution is -2.42. The van der Waals surface area contributed by atoms with Crippen molar-refractivity contribution >= 4 is 40.6 Å². The number of rotatable bonds is 2. The minimum atomic E-state index is -0.266. The molecule has 3 heterocycles. The van der Waals surface area contributed by atoms with Gasteiger partial charge in [-0.05, 0) is 52.8 Å². The lowest BCUT2D eigenvalue weighted by atomic mass is 9.68. The second-order valence-electron chi connectivity index (χ2n) is 11.7. The summed E-state index contributed by atoms with van der Waals surface area (Å²) in [4.78, 5) is 45.4. The Hall–Kier alpha value is -2.64. The van der Waals surface area contributed by atoms with Crippen molar-refractivity contribution in [2.45, 2.75) is 48.8 Å². The minimum absolute atomic E-state index is 0.0290. The van der Waals surface area contributed by atoms with E-state index in [-0.39, 0.29) is 62.9 Å². The van der Waals surface area contributed by atoms with Gasteiger partial charge in [-0.2, -0.15) is 0 Å². The van der Waals surface area contributed by atoms with Gasteiger partial charge in [0.2, 0.25) is 11.8 Å². The number of nitrogens with one attached hydrogen (secondary N) is 1. The summed E-state index contributed by atoms with van der Waals surface area (Å²) >= 11 is 3.05. The van der Waals surface area contributed by atoms with E-state index in [1.54, 1.807) is 11.8 Å². The fourth-order valence-electron chi connectivity index (χ4n) is 7.41. The van der Waals surface area contributed by atoms with Crippen LogP contribution in [0, 0.1) is 29.6 Å². The van der Waals surface area contributed by atoms with Crippen LogP contribution in [0.2, 0.25) is 0 Å². The van der Waals surface area contributed by atoms with Gasteiger partial charge in [0, 0.05) is 16.0 Å². The fourth-order valence-corrected chi connectivity index (χ4v) is 10.3. The highest BCUT2D eigenvalue weighted by molar-refractivity contribution is 8.00. The highest BCUT2D eigenvalue weighted by atomic mass is 32.2. The highest BCUT2D eigenvalue weighted by Crippen LogP contribution is 2.68. The molecule has 184 valence electrons. The van der Waals surface area contributed by atoms with E-state index >= 15 is 0 Å². The summed E-state index contributed by atoms with van der Waals surface area (Å²) in [6.45, 7) is 6.63. The number of hydrogen-bond acceptors (Lipinski definition) is 5. The molecule has 0 radical (unpaired) electrons. The van der Waals surface area contributed by atoms with Gasteiger partial charge in [-0.1, -0.05) is 74.6 Å². The van der Waals surface area contributed by atoms with Crippen molar-refractivity contribution in [1.82, 2.24) is 4.98 Å². The van der Waals surface area contributed by atoms with Crippen LogP contribution in [0.5, 0.6) is 0 Å². The van der Waals surface area contributed by atoms with Crippen LogP contribution in [0.4, 0.5) is 5.69 Å². The van der Waals surface area contributed by atoms with E-state index in [1.807, 2.05) is 30.3 Å². The molecule has 1 saturated heterocycles. The van der Waals surface area contributed by atoms with Crippen molar-refractivity contribution in [2.75, 3.05) is 4.90 Å². The van der Waals surface area contributed by atoms with E-state index in [0.29, 0.717) is 5.69 Å². The third-order valence-electron chi connectivity index (χ3n) is 8.87. The van der Waals surface area contributed by atoms with Gasteiger partial charge in [-0.3, -0.25) is 19.3 Å². The summed E-state index contributed by atoms with van der Waals surface area (Å²) < 4.78 is 0. The molecule has 1 aromatic heterocycles. The summed E-state index contributed by atoms with van der Waals surface area (Å²) in [5, 5.41) is 1.17. The number of para-hydroxylation sites is 1. The van der Waals surface area contributed by atoms with Crippen LogP contribution in [0.15, 0.2) is 64.4 Å². The fraction of sp³-hybridized carbons (Fsp3) is 0.414. The first-order valence-corrected chi connectivity index (χ1v) is 14.4. The molecule has 0 spiro atoms. The number of thioether (sulfide) groups is 1. The second-order valence-corrected chi connectivity index (χ2v) is 13.9. The molecule has 7 heteroatoms. The number of H-pyrrole nitrogens is 1. The normalized spacial score (nSPS) is 32.5. The molecule has 2 aliphatic carbocycles. The van der Waals surface area contributed by atoms with Crippen LogP contribution >= 0.6 is 23.1 Å². The number of aromatic amines is 1. The average Bonchev–Trinajstić information content (AvgIpc) is 3.58. The van der Waals surface area contributed by atoms with E-state index in [2.05, 4.69) is 50.0 Å². The van der Waals surface area contributed by atoms with E-state index in [0.717, 1.165) is 16.3 Å². The van der Waals surface area contributed by atoms with Gasteiger partial charge in [0.25, 0.3) is 0 Å². The predicted octanol–water partition coefficient (Wildman–Crippen LogP) is 5.41. The number of thiazole rings is 1. The maximum atomic E-state index is 13.8. The predicted molar refractivity (Wildman–Crippen MR) is 143 cm³/mol. The Morgan fingerprint density at radius 2 is 1.56 bits per heavy atom. The summed E-state index contributed by atoms with van der Waals surface area (Å²) in [6.07, 6.45) is 0.910. The van der Waals surface area contributed by atoms with Gasteiger partial charge in [-0.25, -0.2) is 0 Å². The molecule has 5 nitrogen and oxygen atoms in total. The standard InChI is InChI=1S/C29H28N2O3S2/c1-29(2,3)15-11-9-14(10-12-15)19-20-17-13-18(23(20)35-25-24(19)36-28(34)30-25)22-21(17)26(32)31(27(22)33)16-7-5-4-6-8-16/h4-12,17-23H,13H2,1-3H3,(H,30,34)/t17-,18-,19+,20+,21+,22+,23-/m1/s1. The van der Waals surface area contributed by atoms with Crippen LogP contribution in [0.3, 0.4) is 0 Å². The maximum Gasteiger partial charge on any atom is 0.305 e. The largest absolute Gasteiger partial charge is 0.307 e. The van der Waals surface area contributed by atoms with E-state index in [4.69, 9.17) is 0 Å². The van der Waals surface area contributed by atoms with Crippen LogP contribution in [-0.2, 0) is 15.0 Å². The van der Waals surface area contributed by atoms with Crippen molar-refractivity contribution in [2.24, 2.45) is 29.6 Å². The van der Waals surface area contributed by atoms with E-state index < -0.39 is 0 Å². The van der Waals surface area contributed by atoms with E-state index in [1.165, 1.54) is 27.4 Å². The second kappa shape index (κ2) is 7.68. The molecule has 3 fully saturated rings. The molecule has 2 saturated carbocycles. The lowest BCUT2D eigenvalue weighted by Gasteiger charge is -2.43. The molecule has 2 amide bonds. The summed E-state index contributed by atoms with van der Waals surface area (Å²) in [5.74, 6) is -0.0266. The first-order chi connectivity index (χ1) is 17.2. The van der Waals surface area contributed by atoms with Crippen LogP contribution in [-0.4, -0.2) is 22.0 Å². The molecule has 2 bridgehead atoms. The van der Waals surface area contributed by atoms with Crippen molar-refractivity contribution in [1.29, 1.82) is 0 Å². The molecule has 2 aromatic carbocycles. The van der Waals surface area contributed by atoms with Gasteiger partial charge in [0.1, 0.15) is 0 Å². The zero-order chi connectivity index (χ0) is 24.9. The third kappa shape index (κ3) is 3.05. The Balaban J connectivity index is 1.31. The number of carbonyl (C=O) groups excluding carboxylic acids is 2. The van der Waals surface area contributed by atoms with Gasteiger partial charge >= 0.3 is 4.87 Å². The van der Waals surface area contributed by atoms with Crippen molar-refractivity contribution < 1.29 is 9.59 Å². The van der Waals surface area contributed by atoms with Gasteiger partial charge < -0.3 is 4.98 Å². The number of fused-ring (bicyclic) bond motifs is 9. The van der Waals surface area contributed by atoms with Gasteiger partial charge in [-0.15, -0.1) is 11.8 Å². The van der Waals surface area contributed by atoms with Crippen molar-refractivity contribution in [3.8, 4) is 0 Å². The molecule has 7 rings (SSSR count). The molecule has 2 aliphatic heterocycles. The number of carbonyl (C=O) groups is 2. The number of imide groups is 1. The molecule has 1 N–H and O–H groups in total. The van der Waals surface area contributed by atoms with Gasteiger partial charge in [0.05, 0.1) is 22.5 Å². The van der Waals surface area contributed by atoms with Crippen LogP contribution < -0.4 is 9.77 Å². The van der Waals surface area contributed by atoms with E-state index in [9.17, 15) is 14.4 Å². The Morgan fingerprint density at radius 1 is 0.889 bits per heavy atom. The number of amides is 2. The SMILES string of the molecule is CC(C)(C)c1ccc([C@@H]2c3sc(=O)[nH]c3S[C@@H]3[C@@H]4C[C@@H]([C@@H]5C(=O)N(c6ccccc6)C(=O)[C@@H]45)[C@@H]23)cc1. The summed E-state index contributed by atoms with van der Waals surface area (Å²) in [7, 11) is 0. The smallest absolute Gasteiger partial charge is 0.305 e. The molecule has 36 heavy (non-hydrogen) atoms. The number of anilines is 1. The Bertz CT molecular complexity index is 1440. The highest BCUT2D eigenvalue weighted by Gasteiger charge is 2.69. The summed E-state index contributed by atoms with van der Waals surface area (Å²) in [6, 6.07) is 18.2. The minimum Gasteiger partial charge on any atom is -0.307 e. The molecule has 3 aromatic rings. The molecular weight excluding hydrogens is 488 g/mol. The molecule has 0 unspecified atom stereocenters. The summed E-state index contributed by atoms with van der Waals surface area (Å²) in [5.41, 5.74) is 3.22. The topological polar surface area (TPSA) is 70.2 Å².